The van der Waals surface area contributed by atoms with E-state index < -0.39 is 5.60 Å². The molecule has 1 saturated carbocycles. The van der Waals surface area contributed by atoms with Gasteiger partial charge in [-0.3, -0.25) is 9.69 Å². The van der Waals surface area contributed by atoms with Crippen LogP contribution in [0.25, 0.3) is 0 Å². The molecule has 1 heterocycles. The van der Waals surface area contributed by atoms with E-state index in [-0.39, 0.29) is 31.5 Å². The molecular formula is C27H35FN2O4. The lowest BCUT2D eigenvalue weighted by atomic mass is 9.81. The van der Waals surface area contributed by atoms with E-state index in [2.05, 4.69) is 35.2 Å². The largest absolute Gasteiger partial charge is 0.490 e. The second kappa shape index (κ2) is 11.3. The smallest absolute Gasteiger partial charge is 0.248 e. The van der Waals surface area contributed by atoms with Crippen LogP contribution in [-0.4, -0.2) is 79.0 Å². The summed E-state index contributed by atoms with van der Waals surface area (Å²) < 4.78 is 24.4. The van der Waals surface area contributed by atoms with Crippen LogP contribution < -0.4 is 4.74 Å². The molecule has 1 amide bonds. The first-order valence-electron chi connectivity index (χ1n) is 12.1. The van der Waals surface area contributed by atoms with Crippen LogP contribution in [0.4, 0.5) is 4.39 Å². The SMILES string of the molecule is COCC(=O)N1CCN(C2CCC(c3ccccc3)CC2)C[C@](O)(COc2cccc(F)c2)C1. The minimum absolute atomic E-state index is 0.0247. The van der Waals surface area contributed by atoms with Gasteiger partial charge in [0.2, 0.25) is 5.91 Å². The molecule has 1 aliphatic carbocycles. The van der Waals surface area contributed by atoms with Crippen molar-refractivity contribution in [3.8, 4) is 5.75 Å². The summed E-state index contributed by atoms with van der Waals surface area (Å²) in [6.45, 7) is 1.73. The van der Waals surface area contributed by atoms with Crippen LogP contribution in [0.2, 0.25) is 0 Å². The average Bonchev–Trinajstić information content (AvgIpc) is 3.03. The topological polar surface area (TPSA) is 62.2 Å². The number of carbonyl (C=O) groups excluding carboxylic acids is 1. The molecule has 4 rings (SSSR count). The van der Waals surface area contributed by atoms with E-state index in [0.717, 1.165) is 25.7 Å². The number of carbonyl (C=O) groups is 1. The normalized spacial score (nSPS) is 26.1. The van der Waals surface area contributed by atoms with Crippen LogP contribution in [-0.2, 0) is 9.53 Å². The highest BCUT2D eigenvalue weighted by Gasteiger charge is 2.40. The summed E-state index contributed by atoms with van der Waals surface area (Å²) in [5.74, 6) is 0.391. The second-order valence-electron chi connectivity index (χ2n) is 9.61. The molecule has 2 fully saturated rings. The van der Waals surface area contributed by atoms with Crippen LogP contribution in [0.1, 0.15) is 37.2 Å². The van der Waals surface area contributed by atoms with Crippen LogP contribution in [0.3, 0.4) is 0 Å². The van der Waals surface area contributed by atoms with Crippen molar-refractivity contribution in [2.45, 2.75) is 43.2 Å². The highest BCUT2D eigenvalue weighted by molar-refractivity contribution is 5.77. The van der Waals surface area contributed by atoms with Gasteiger partial charge in [-0.15, -0.1) is 0 Å². The lowest BCUT2D eigenvalue weighted by molar-refractivity contribution is -0.138. The number of methoxy groups -OCH3 is 1. The number of hydrogen-bond donors (Lipinski definition) is 1. The molecule has 0 bridgehead atoms. The van der Waals surface area contributed by atoms with Crippen molar-refractivity contribution in [3.63, 3.8) is 0 Å². The van der Waals surface area contributed by atoms with Crippen LogP contribution in [0, 0.1) is 5.82 Å². The third-order valence-electron chi connectivity index (χ3n) is 7.05. The number of aliphatic hydroxyl groups is 1. The fraction of sp³-hybridized carbons (Fsp3) is 0.519. The Balaban J connectivity index is 1.44. The van der Waals surface area contributed by atoms with Crippen molar-refractivity contribution < 1.29 is 23.8 Å². The zero-order valence-corrected chi connectivity index (χ0v) is 19.9. The number of rotatable bonds is 7. The fourth-order valence-corrected chi connectivity index (χ4v) is 5.30. The van der Waals surface area contributed by atoms with E-state index in [0.29, 0.717) is 37.3 Å². The molecule has 184 valence electrons. The highest BCUT2D eigenvalue weighted by Crippen LogP contribution is 2.35. The van der Waals surface area contributed by atoms with Gasteiger partial charge in [-0.05, 0) is 49.3 Å². The molecule has 2 aliphatic rings. The molecule has 2 aromatic rings. The Morgan fingerprint density at radius 1 is 1.06 bits per heavy atom. The van der Waals surface area contributed by atoms with Gasteiger partial charge in [-0.2, -0.15) is 0 Å². The number of benzene rings is 2. The summed E-state index contributed by atoms with van der Waals surface area (Å²) in [6, 6.07) is 16.9. The van der Waals surface area contributed by atoms with Crippen LogP contribution in [0.15, 0.2) is 54.6 Å². The van der Waals surface area contributed by atoms with Gasteiger partial charge >= 0.3 is 0 Å². The fourth-order valence-electron chi connectivity index (χ4n) is 5.30. The Hall–Kier alpha value is -2.48. The Labute approximate surface area is 201 Å². The van der Waals surface area contributed by atoms with Gasteiger partial charge in [0.1, 0.15) is 30.4 Å². The van der Waals surface area contributed by atoms with Crippen molar-refractivity contribution in [3.05, 3.63) is 66.0 Å². The zero-order chi connectivity index (χ0) is 24.0. The van der Waals surface area contributed by atoms with Crippen molar-refractivity contribution >= 4 is 5.91 Å². The predicted octanol–water partition coefficient (Wildman–Crippen LogP) is 3.45. The molecule has 0 unspecified atom stereocenters. The highest BCUT2D eigenvalue weighted by atomic mass is 19.1. The predicted molar refractivity (Wildman–Crippen MR) is 128 cm³/mol. The maximum Gasteiger partial charge on any atom is 0.248 e. The summed E-state index contributed by atoms with van der Waals surface area (Å²) in [6.07, 6.45) is 4.31. The minimum Gasteiger partial charge on any atom is -0.490 e. The molecular weight excluding hydrogens is 435 g/mol. The van der Waals surface area contributed by atoms with E-state index >= 15 is 0 Å². The number of nitrogens with zero attached hydrogens (tertiary/aromatic N) is 2. The lowest BCUT2D eigenvalue weighted by Crippen LogP contribution is -2.54. The maximum absolute atomic E-state index is 13.6. The van der Waals surface area contributed by atoms with Crippen molar-refractivity contribution in [2.24, 2.45) is 0 Å². The molecule has 1 N–H and O–H groups in total. The van der Waals surface area contributed by atoms with Crippen molar-refractivity contribution in [1.82, 2.24) is 9.80 Å². The minimum atomic E-state index is -1.28. The quantitative estimate of drug-likeness (QED) is 0.672. The maximum atomic E-state index is 13.6. The first-order valence-corrected chi connectivity index (χ1v) is 12.1. The molecule has 2 aromatic carbocycles. The lowest BCUT2D eigenvalue weighted by Gasteiger charge is -2.39. The summed E-state index contributed by atoms with van der Waals surface area (Å²) in [4.78, 5) is 16.6. The van der Waals surface area contributed by atoms with E-state index in [1.807, 2.05) is 0 Å². The van der Waals surface area contributed by atoms with E-state index in [1.165, 1.54) is 24.8 Å². The van der Waals surface area contributed by atoms with Gasteiger partial charge < -0.3 is 19.5 Å². The Morgan fingerprint density at radius 2 is 1.82 bits per heavy atom. The van der Waals surface area contributed by atoms with Gasteiger partial charge in [-0.25, -0.2) is 4.39 Å². The molecule has 1 atom stereocenters. The molecule has 7 heteroatoms. The van der Waals surface area contributed by atoms with E-state index in [9.17, 15) is 14.3 Å². The number of ether oxygens (including phenoxy) is 2. The number of β-amino-alcohol motifs (C(OH)–C–C–N with tert-alkyl or cyclic N) is 1. The average molecular weight is 471 g/mol. The molecule has 34 heavy (non-hydrogen) atoms. The summed E-state index contributed by atoms with van der Waals surface area (Å²) in [5.41, 5.74) is 0.121. The number of halogens is 1. The zero-order valence-electron chi connectivity index (χ0n) is 19.9. The monoisotopic (exact) mass is 470 g/mol. The molecule has 0 aromatic heterocycles. The molecule has 0 spiro atoms. The third-order valence-corrected chi connectivity index (χ3v) is 7.05. The second-order valence-corrected chi connectivity index (χ2v) is 9.61. The Morgan fingerprint density at radius 3 is 2.53 bits per heavy atom. The van der Waals surface area contributed by atoms with Crippen LogP contribution >= 0.6 is 0 Å². The summed E-state index contributed by atoms with van der Waals surface area (Å²) in [5, 5.41) is 11.6. The molecule has 1 saturated heterocycles. The standard InChI is InChI=1S/C27H35FN2O4/c1-33-17-26(31)30-15-14-29(24-12-10-22(11-13-24)21-6-3-2-4-7-21)18-27(32,19-30)20-34-25-9-5-8-23(28)16-25/h2-9,16,22,24,32H,10-15,17-20H2,1H3/t22?,24?,27-/m1/s1. The van der Waals surface area contributed by atoms with Gasteiger partial charge in [0, 0.05) is 38.9 Å². The van der Waals surface area contributed by atoms with Gasteiger partial charge in [0.15, 0.2) is 0 Å². The third kappa shape index (κ3) is 6.34. The van der Waals surface area contributed by atoms with E-state index in [1.54, 1.807) is 17.0 Å². The Kier molecular flexibility index (Phi) is 8.19. The molecule has 0 radical (unpaired) electrons. The number of hydrogen-bond acceptors (Lipinski definition) is 5. The first kappa shape index (κ1) is 24.6. The summed E-state index contributed by atoms with van der Waals surface area (Å²) >= 11 is 0. The molecule has 1 aliphatic heterocycles. The van der Waals surface area contributed by atoms with Crippen molar-refractivity contribution in [1.29, 1.82) is 0 Å². The Bertz CT molecular complexity index is 935. The summed E-state index contributed by atoms with van der Waals surface area (Å²) in [7, 11) is 1.49. The van der Waals surface area contributed by atoms with E-state index in [4.69, 9.17) is 9.47 Å². The van der Waals surface area contributed by atoms with Crippen molar-refractivity contribution in [2.75, 3.05) is 46.5 Å². The van der Waals surface area contributed by atoms with Crippen LogP contribution in [0.5, 0.6) is 5.75 Å². The van der Waals surface area contributed by atoms with Gasteiger partial charge in [0.25, 0.3) is 0 Å². The first-order chi connectivity index (χ1) is 16.5. The van der Waals surface area contributed by atoms with Gasteiger partial charge in [-0.1, -0.05) is 36.4 Å². The molecule has 6 nitrogen and oxygen atoms in total. The number of amides is 1. The van der Waals surface area contributed by atoms with Gasteiger partial charge in [0.05, 0.1) is 6.54 Å².